The Morgan fingerprint density at radius 2 is 1.91 bits per heavy atom. The number of rotatable bonds is 8. The first-order valence-corrected chi connectivity index (χ1v) is 11.2. The van der Waals surface area contributed by atoms with Gasteiger partial charge in [-0.25, -0.2) is 4.79 Å². The molecule has 0 bridgehead atoms. The van der Waals surface area contributed by atoms with E-state index in [1.54, 1.807) is 0 Å². The van der Waals surface area contributed by atoms with E-state index in [0.29, 0.717) is 12.8 Å². The highest BCUT2D eigenvalue weighted by atomic mass is 19.4. The Labute approximate surface area is 199 Å². The number of alkyl halides is 3. The zero-order valence-electron chi connectivity index (χ0n) is 19.6. The summed E-state index contributed by atoms with van der Waals surface area (Å²) >= 11 is 0. The van der Waals surface area contributed by atoms with Crippen LogP contribution < -0.4 is 21.9 Å². The summed E-state index contributed by atoms with van der Waals surface area (Å²) in [7, 11) is 0. The van der Waals surface area contributed by atoms with Gasteiger partial charge in [-0.2, -0.15) is 13.2 Å². The number of amides is 1. The van der Waals surface area contributed by atoms with Crippen molar-refractivity contribution in [2.45, 2.75) is 46.3 Å². The van der Waals surface area contributed by atoms with Crippen molar-refractivity contribution in [3.05, 3.63) is 68.6 Å². The number of carbonyl (C=O) groups excluding carboxylic acids is 1. The lowest BCUT2D eigenvalue weighted by Crippen LogP contribution is -2.42. The normalized spacial score (nSPS) is 11.7. The molecule has 8 nitrogen and oxygen atoms in total. The first kappa shape index (κ1) is 25.9. The SMILES string of the molecule is CCCCN(C(=O)c1ccc(-c2cccc(C(F)(F)F)c2)o1)c1c(N)n(CC(C)C)c(=O)[nH]c1=O. The lowest BCUT2D eigenvalue weighted by Gasteiger charge is -2.24. The summed E-state index contributed by atoms with van der Waals surface area (Å²) in [6.45, 7) is 5.98. The maximum Gasteiger partial charge on any atom is 0.416 e. The lowest BCUT2D eigenvalue weighted by atomic mass is 10.1. The van der Waals surface area contributed by atoms with E-state index in [2.05, 4.69) is 4.98 Å². The minimum Gasteiger partial charge on any atom is -0.451 e. The quantitative estimate of drug-likeness (QED) is 0.481. The molecule has 3 N–H and O–H groups in total. The molecular weight excluding hydrogens is 465 g/mol. The van der Waals surface area contributed by atoms with Crippen LogP contribution in [0.25, 0.3) is 11.3 Å². The third-order valence-electron chi connectivity index (χ3n) is 5.30. The number of halogens is 3. The predicted octanol–water partition coefficient (Wildman–Crippen LogP) is 4.50. The average molecular weight is 492 g/mol. The van der Waals surface area contributed by atoms with Gasteiger partial charge in [0.05, 0.1) is 5.56 Å². The van der Waals surface area contributed by atoms with Crippen LogP contribution in [-0.4, -0.2) is 22.0 Å². The Morgan fingerprint density at radius 3 is 2.54 bits per heavy atom. The molecule has 2 aromatic heterocycles. The van der Waals surface area contributed by atoms with Crippen LogP contribution in [0.5, 0.6) is 0 Å². The van der Waals surface area contributed by atoms with Crippen molar-refractivity contribution in [2.75, 3.05) is 17.2 Å². The molecular formula is C24H27F3N4O4. The number of hydrogen-bond donors (Lipinski definition) is 2. The third kappa shape index (κ3) is 5.67. The van der Waals surface area contributed by atoms with Gasteiger partial charge in [0.25, 0.3) is 11.5 Å². The number of hydrogen-bond acceptors (Lipinski definition) is 5. The summed E-state index contributed by atoms with van der Waals surface area (Å²) in [5.41, 5.74) is 3.80. The van der Waals surface area contributed by atoms with Crippen molar-refractivity contribution in [3.63, 3.8) is 0 Å². The fourth-order valence-electron chi connectivity index (χ4n) is 3.61. The van der Waals surface area contributed by atoms with Gasteiger partial charge in [0.1, 0.15) is 11.6 Å². The topological polar surface area (TPSA) is 114 Å². The second kappa shape index (κ2) is 10.2. The van der Waals surface area contributed by atoms with Gasteiger partial charge in [0.15, 0.2) is 11.4 Å². The number of nitrogens with two attached hydrogens (primary N) is 1. The zero-order valence-corrected chi connectivity index (χ0v) is 19.6. The molecule has 0 aliphatic rings. The second-order valence-electron chi connectivity index (χ2n) is 8.55. The van der Waals surface area contributed by atoms with E-state index in [4.69, 9.17) is 10.2 Å². The van der Waals surface area contributed by atoms with Crippen LogP contribution in [0.3, 0.4) is 0 Å². The number of aromatic nitrogens is 2. The summed E-state index contributed by atoms with van der Waals surface area (Å²) in [5, 5.41) is 0. The Morgan fingerprint density at radius 1 is 1.20 bits per heavy atom. The van der Waals surface area contributed by atoms with E-state index in [-0.39, 0.29) is 47.6 Å². The minimum atomic E-state index is -4.53. The van der Waals surface area contributed by atoms with Crippen molar-refractivity contribution >= 4 is 17.4 Å². The van der Waals surface area contributed by atoms with Gasteiger partial charge in [0.2, 0.25) is 0 Å². The first-order chi connectivity index (χ1) is 16.4. The summed E-state index contributed by atoms with van der Waals surface area (Å²) < 4.78 is 46.1. The zero-order chi connectivity index (χ0) is 25.9. The molecule has 188 valence electrons. The van der Waals surface area contributed by atoms with Crippen LogP contribution in [0.1, 0.15) is 49.7 Å². The molecule has 1 aromatic carbocycles. The van der Waals surface area contributed by atoms with Gasteiger partial charge in [-0.15, -0.1) is 0 Å². The van der Waals surface area contributed by atoms with Gasteiger partial charge in [-0.1, -0.05) is 39.3 Å². The van der Waals surface area contributed by atoms with Crippen LogP contribution in [0, 0.1) is 5.92 Å². The van der Waals surface area contributed by atoms with Gasteiger partial charge in [-0.05, 0) is 36.6 Å². The Balaban J connectivity index is 2.04. The van der Waals surface area contributed by atoms with Crippen molar-refractivity contribution in [2.24, 2.45) is 5.92 Å². The molecule has 0 aliphatic carbocycles. The molecule has 1 amide bonds. The minimum absolute atomic E-state index is 0.0358. The lowest BCUT2D eigenvalue weighted by molar-refractivity contribution is -0.137. The Kier molecular flexibility index (Phi) is 7.57. The third-order valence-corrected chi connectivity index (χ3v) is 5.30. The molecule has 0 fully saturated rings. The van der Waals surface area contributed by atoms with E-state index >= 15 is 0 Å². The molecule has 3 rings (SSSR count). The molecule has 0 aliphatic heterocycles. The summed E-state index contributed by atoms with van der Waals surface area (Å²) in [4.78, 5) is 41.8. The summed E-state index contributed by atoms with van der Waals surface area (Å²) in [6.07, 6.45) is -3.31. The van der Waals surface area contributed by atoms with Crippen LogP contribution >= 0.6 is 0 Å². The smallest absolute Gasteiger partial charge is 0.416 e. The molecule has 0 unspecified atom stereocenters. The fraction of sp³-hybridized carbons (Fsp3) is 0.375. The van der Waals surface area contributed by atoms with E-state index in [9.17, 15) is 27.6 Å². The van der Waals surface area contributed by atoms with Gasteiger partial charge < -0.3 is 10.2 Å². The first-order valence-electron chi connectivity index (χ1n) is 11.2. The number of aromatic amines is 1. The molecule has 0 atom stereocenters. The van der Waals surface area contributed by atoms with E-state index < -0.39 is 28.9 Å². The fourth-order valence-corrected chi connectivity index (χ4v) is 3.61. The highest BCUT2D eigenvalue weighted by molar-refractivity contribution is 6.05. The number of anilines is 2. The molecule has 0 spiro atoms. The molecule has 0 saturated carbocycles. The van der Waals surface area contributed by atoms with Crippen molar-refractivity contribution in [1.29, 1.82) is 0 Å². The monoisotopic (exact) mass is 492 g/mol. The number of nitrogen functional groups attached to an aromatic ring is 1. The highest BCUT2D eigenvalue weighted by Crippen LogP contribution is 2.33. The summed E-state index contributed by atoms with van der Waals surface area (Å²) in [5.74, 6) is -0.950. The van der Waals surface area contributed by atoms with Crippen LogP contribution in [0.2, 0.25) is 0 Å². The molecule has 11 heteroatoms. The van der Waals surface area contributed by atoms with E-state index in [1.807, 2.05) is 20.8 Å². The van der Waals surface area contributed by atoms with Gasteiger partial charge >= 0.3 is 11.9 Å². The second-order valence-corrected chi connectivity index (χ2v) is 8.55. The maximum absolute atomic E-state index is 13.4. The molecule has 35 heavy (non-hydrogen) atoms. The molecule has 0 radical (unpaired) electrons. The molecule has 0 saturated heterocycles. The van der Waals surface area contributed by atoms with E-state index in [1.165, 1.54) is 28.8 Å². The summed E-state index contributed by atoms with van der Waals surface area (Å²) in [6, 6.07) is 7.24. The number of nitrogens with zero attached hydrogens (tertiary/aromatic N) is 2. The highest BCUT2D eigenvalue weighted by Gasteiger charge is 2.31. The van der Waals surface area contributed by atoms with Crippen LogP contribution in [0.4, 0.5) is 24.7 Å². The molecule has 3 aromatic rings. The number of benzene rings is 1. The van der Waals surface area contributed by atoms with Crippen LogP contribution in [-0.2, 0) is 12.7 Å². The number of furan rings is 1. The number of unbranched alkanes of at least 4 members (excludes halogenated alkanes) is 1. The molecule has 2 heterocycles. The standard InChI is InChI=1S/C24H27F3N4O4/c1-4-5-11-30(19-20(28)31(13-14(2)3)23(34)29-21(19)32)22(33)18-10-9-17(35-18)15-7-6-8-16(12-15)24(25,26)27/h6-10,12,14H,4-5,11,13,28H2,1-3H3,(H,29,32,34). The van der Waals surface area contributed by atoms with Gasteiger partial charge in [-0.3, -0.25) is 24.0 Å². The van der Waals surface area contributed by atoms with Crippen molar-refractivity contribution in [3.8, 4) is 11.3 Å². The van der Waals surface area contributed by atoms with Crippen LogP contribution in [0.15, 0.2) is 50.4 Å². The number of carbonyl (C=O) groups is 1. The van der Waals surface area contributed by atoms with Crippen molar-refractivity contribution in [1.82, 2.24) is 9.55 Å². The number of nitrogens with one attached hydrogen (secondary N) is 1. The van der Waals surface area contributed by atoms with E-state index in [0.717, 1.165) is 17.0 Å². The number of H-pyrrole nitrogens is 1. The maximum atomic E-state index is 13.4. The van der Waals surface area contributed by atoms with Crippen molar-refractivity contribution < 1.29 is 22.4 Å². The predicted molar refractivity (Wildman–Crippen MR) is 126 cm³/mol. The average Bonchev–Trinajstić information content (AvgIpc) is 3.28. The Bertz CT molecular complexity index is 1320. The Hall–Kier alpha value is -3.76. The van der Waals surface area contributed by atoms with Gasteiger partial charge in [0, 0.05) is 18.7 Å². The largest absolute Gasteiger partial charge is 0.451 e.